The Kier molecular flexibility index (Phi) is 4.96. The first-order chi connectivity index (χ1) is 12.2. The molecular weight excluding hydrogens is 330 g/mol. The normalized spacial score (nSPS) is 25.8. The zero-order valence-electron chi connectivity index (χ0n) is 14.9. The summed E-state index contributed by atoms with van der Waals surface area (Å²) in [5.74, 6) is 0. The van der Waals surface area contributed by atoms with Crippen molar-refractivity contribution < 1.29 is 9.84 Å². The average molecular weight is 358 g/mol. The van der Waals surface area contributed by atoms with Crippen LogP contribution in [0.5, 0.6) is 0 Å². The number of benzene rings is 1. The summed E-state index contributed by atoms with van der Waals surface area (Å²) < 4.78 is 5.87. The van der Waals surface area contributed by atoms with E-state index in [-0.39, 0.29) is 17.6 Å². The smallest absolute Gasteiger partial charge is 0.0681 e. The summed E-state index contributed by atoms with van der Waals surface area (Å²) in [5, 5.41) is 12.6. The monoisotopic (exact) mass is 357 g/mol. The Morgan fingerprint density at radius 1 is 1.20 bits per heavy atom. The third kappa shape index (κ3) is 3.28. The minimum absolute atomic E-state index is 0.0250. The predicted octanol–water partition coefficient (Wildman–Crippen LogP) is 4.17. The molecule has 1 saturated carbocycles. The van der Waals surface area contributed by atoms with E-state index in [4.69, 9.17) is 4.74 Å². The molecule has 1 spiro atoms. The highest BCUT2D eigenvalue weighted by Crippen LogP contribution is 2.51. The van der Waals surface area contributed by atoms with Gasteiger partial charge >= 0.3 is 0 Å². The molecule has 1 N–H and O–H groups in total. The van der Waals surface area contributed by atoms with Gasteiger partial charge in [-0.3, -0.25) is 4.90 Å². The molecule has 1 aromatic carbocycles. The number of nitrogens with zero attached hydrogens (tertiary/aromatic N) is 1. The van der Waals surface area contributed by atoms with Crippen molar-refractivity contribution in [1.82, 2.24) is 4.90 Å². The van der Waals surface area contributed by atoms with Gasteiger partial charge in [0.15, 0.2) is 0 Å². The molecule has 2 aliphatic rings. The van der Waals surface area contributed by atoms with Crippen LogP contribution in [0.25, 0.3) is 11.1 Å². The van der Waals surface area contributed by atoms with Gasteiger partial charge in [0.2, 0.25) is 0 Å². The topological polar surface area (TPSA) is 32.7 Å². The maximum Gasteiger partial charge on any atom is 0.0681 e. The van der Waals surface area contributed by atoms with Crippen LogP contribution in [0, 0.1) is 5.41 Å². The molecule has 4 heteroatoms. The van der Waals surface area contributed by atoms with Crippen molar-refractivity contribution in [2.24, 2.45) is 5.41 Å². The van der Waals surface area contributed by atoms with Crippen molar-refractivity contribution in [3.8, 4) is 11.1 Å². The van der Waals surface area contributed by atoms with Crippen molar-refractivity contribution in [3.63, 3.8) is 0 Å². The Morgan fingerprint density at radius 3 is 2.64 bits per heavy atom. The highest BCUT2D eigenvalue weighted by molar-refractivity contribution is 7.10. The Labute approximate surface area is 154 Å². The number of aliphatic hydroxyl groups is 1. The number of hydrogen-bond acceptors (Lipinski definition) is 4. The van der Waals surface area contributed by atoms with Crippen LogP contribution in [0.15, 0.2) is 41.8 Å². The number of rotatable bonds is 5. The van der Waals surface area contributed by atoms with E-state index in [1.165, 1.54) is 16.0 Å². The molecule has 4 rings (SSSR count). The maximum atomic E-state index is 10.3. The van der Waals surface area contributed by atoms with Gasteiger partial charge in [0.1, 0.15) is 0 Å². The van der Waals surface area contributed by atoms with Crippen molar-refractivity contribution in [3.05, 3.63) is 46.7 Å². The fourth-order valence-electron chi connectivity index (χ4n) is 4.41. The first-order valence-electron chi connectivity index (χ1n) is 9.36. The zero-order valence-corrected chi connectivity index (χ0v) is 15.7. The molecule has 25 heavy (non-hydrogen) atoms. The Balaban J connectivity index is 1.36. The maximum absolute atomic E-state index is 10.3. The molecule has 1 saturated heterocycles. The number of hydrogen-bond donors (Lipinski definition) is 1. The molecule has 2 heterocycles. The van der Waals surface area contributed by atoms with E-state index < -0.39 is 0 Å². The first-order valence-corrected chi connectivity index (χ1v) is 10.2. The molecule has 3 nitrogen and oxygen atoms in total. The van der Waals surface area contributed by atoms with Gasteiger partial charge in [0, 0.05) is 29.9 Å². The van der Waals surface area contributed by atoms with E-state index in [1.807, 2.05) is 11.3 Å². The highest BCUT2D eigenvalue weighted by atomic mass is 32.1. The van der Waals surface area contributed by atoms with E-state index in [0.29, 0.717) is 0 Å². The second kappa shape index (κ2) is 7.20. The fraction of sp³-hybridized carbons (Fsp3) is 0.524. The van der Waals surface area contributed by atoms with E-state index in [1.54, 1.807) is 0 Å². The molecular formula is C21H27NO2S. The molecule has 1 aliphatic carbocycles. The summed E-state index contributed by atoms with van der Waals surface area (Å²) in [6.07, 6.45) is 3.02. The van der Waals surface area contributed by atoms with Gasteiger partial charge in [-0.15, -0.1) is 11.3 Å². The standard InChI is InChI=1S/C21H27NO2S/c1-2-24-20-13-19(23)21(20)8-10-22(11-9-21)14-18-12-17(15-25-18)16-6-4-3-5-7-16/h3-7,12,15,19-20,23H,2,8-11,13-14H2,1H3/t19-,20-/m1/s1. The molecule has 0 unspecified atom stereocenters. The molecule has 0 radical (unpaired) electrons. The minimum atomic E-state index is -0.169. The predicted molar refractivity (Wildman–Crippen MR) is 103 cm³/mol. The van der Waals surface area contributed by atoms with Crippen LogP contribution in [0.3, 0.4) is 0 Å². The van der Waals surface area contributed by atoms with Gasteiger partial charge in [0.25, 0.3) is 0 Å². The molecule has 2 fully saturated rings. The lowest BCUT2D eigenvalue weighted by atomic mass is 9.58. The van der Waals surface area contributed by atoms with Crippen LogP contribution >= 0.6 is 11.3 Å². The largest absolute Gasteiger partial charge is 0.392 e. The average Bonchev–Trinajstić information content (AvgIpc) is 3.11. The molecule has 0 bridgehead atoms. The summed E-state index contributed by atoms with van der Waals surface area (Å²) >= 11 is 1.85. The third-order valence-electron chi connectivity index (χ3n) is 6.04. The van der Waals surface area contributed by atoms with E-state index >= 15 is 0 Å². The minimum Gasteiger partial charge on any atom is -0.392 e. The quantitative estimate of drug-likeness (QED) is 0.872. The second-order valence-corrected chi connectivity index (χ2v) is 8.37. The van der Waals surface area contributed by atoms with Crippen LogP contribution in [-0.4, -0.2) is 41.9 Å². The van der Waals surface area contributed by atoms with Gasteiger partial charge in [0.05, 0.1) is 12.2 Å². The number of thiophene rings is 1. The zero-order chi connectivity index (χ0) is 17.3. The lowest BCUT2D eigenvalue weighted by molar-refractivity contribution is -0.209. The lowest BCUT2D eigenvalue weighted by Crippen LogP contribution is -2.62. The summed E-state index contributed by atoms with van der Waals surface area (Å²) in [4.78, 5) is 3.95. The number of ether oxygens (including phenoxy) is 1. The van der Waals surface area contributed by atoms with Gasteiger partial charge in [-0.25, -0.2) is 0 Å². The van der Waals surface area contributed by atoms with Crippen LogP contribution in [0.4, 0.5) is 0 Å². The van der Waals surface area contributed by atoms with Crippen LogP contribution in [-0.2, 0) is 11.3 Å². The first kappa shape index (κ1) is 17.2. The van der Waals surface area contributed by atoms with E-state index in [0.717, 1.165) is 45.5 Å². The SMILES string of the molecule is CCO[C@@H]1C[C@@H](O)C12CCN(Cc1cc(-c3ccccc3)cs1)CC2. The fourth-order valence-corrected chi connectivity index (χ4v) is 5.34. The Hall–Kier alpha value is -1.20. The summed E-state index contributed by atoms with van der Waals surface area (Å²) in [6, 6.07) is 12.9. The molecule has 134 valence electrons. The summed E-state index contributed by atoms with van der Waals surface area (Å²) in [6.45, 7) is 5.93. The van der Waals surface area contributed by atoms with Gasteiger partial charge in [-0.1, -0.05) is 30.3 Å². The van der Waals surface area contributed by atoms with Crippen molar-refractivity contribution in [2.45, 2.75) is 44.9 Å². The van der Waals surface area contributed by atoms with Crippen molar-refractivity contribution in [1.29, 1.82) is 0 Å². The second-order valence-electron chi connectivity index (χ2n) is 7.37. The van der Waals surface area contributed by atoms with Crippen molar-refractivity contribution >= 4 is 11.3 Å². The van der Waals surface area contributed by atoms with E-state index in [9.17, 15) is 5.11 Å². The van der Waals surface area contributed by atoms with Crippen LogP contribution in [0.1, 0.15) is 31.1 Å². The number of aliphatic hydroxyl groups excluding tert-OH is 1. The molecule has 1 aromatic heterocycles. The van der Waals surface area contributed by atoms with Gasteiger partial charge < -0.3 is 9.84 Å². The van der Waals surface area contributed by atoms with E-state index in [2.05, 4.69) is 53.6 Å². The summed E-state index contributed by atoms with van der Waals surface area (Å²) in [7, 11) is 0. The van der Waals surface area contributed by atoms with Crippen LogP contribution in [0.2, 0.25) is 0 Å². The van der Waals surface area contributed by atoms with Crippen LogP contribution < -0.4 is 0 Å². The molecule has 1 aliphatic heterocycles. The van der Waals surface area contributed by atoms with Gasteiger partial charge in [-0.05, 0) is 55.4 Å². The number of likely N-dealkylation sites (tertiary alicyclic amines) is 1. The Bertz CT molecular complexity index is 689. The molecule has 2 aromatic rings. The lowest BCUT2D eigenvalue weighted by Gasteiger charge is -2.56. The highest BCUT2D eigenvalue weighted by Gasteiger charge is 2.55. The third-order valence-corrected chi connectivity index (χ3v) is 6.96. The van der Waals surface area contributed by atoms with Gasteiger partial charge in [-0.2, -0.15) is 0 Å². The summed E-state index contributed by atoms with van der Waals surface area (Å²) in [5.41, 5.74) is 2.64. The molecule has 0 amide bonds. The Morgan fingerprint density at radius 2 is 1.96 bits per heavy atom. The number of piperidine rings is 1. The van der Waals surface area contributed by atoms with Crippen molar-refractivity contribution in [2.75, 3.05) is 19.7 Å². The molecule has 2 atom stereocenters.